The summed E-state index contributed by atoms with van der Waals surface area (Å²) < 4.78 is 5.07. The van der Waals surface area contributed by atoms with Crippen molar-refractivity contribution in [2.75, 3.05) is 12.0 Å². The molecule has 0 radical (unpaired) electrons. The topological polar surface area (TPSA) is 72.4 Å². The molecule has 2 aromatic rings. The molecule has 0 spiro atoms. The van der Waals surface area contributed by atoms with Crippen molar-refractivity contribution >= 4 is 17.4 Å². The van der Waals surface area contributed by atoms with Gasteiger partial charge in [0.25, 0.3) is 11.7 Å². The van der Waals surface area contributed by atoms with E-state index < -0.39 is 11.7 Å². The zero-order chi connectivity index (χ0) is 14.1. The smallest absolute Gasteiger partial charge is 0.299 e. The van der Waals surface area contributed by atoms with Gasteiger partial charge in [-0.25, -0.2) is 9.97 Å². The molecule has 3 rings (SSSR count). The maximum Gasteiger partial charge on any atom is 0.299 e. The summed E-state index contributed by atoms with van der Waals surface area (Å²) in [5.41, 5.74) is 0.915. The van der Waals surface area contributed by atoms with E-state index in [4.69, 9.17) is 4.74 Å². The number of fused-ring (bicyclic) bond motifs is 1. The van der Waals surface area contributed by atoms with Gasteiger partial charge >= 0.3 is 0 Å². The second-order valence-electron chi connectivity index (χ2n) is 4.27. The SMILES string of the molecule is COc1ccc2c(c1)C(=O)C(=O)N2Cc1ncccn1. The highest BCUT2D eigenvalue weighted by atomic mass is 16.5. The summed E-state index contributed by atoms with van der Waals surface area (Å²) in [5.74, 6) is -0.0735. The number of anilines is 1. The third kappa shape index (κ3) is 1.91. The third-order valence-electron chi connectivity index (χ3n) is 3.10. The molecule has 0 fully saturated rings. The summed E-state index contributed by atoms with van der Waals surface area (Å²) in [6.45, 7) is 0.171. The minimum atomic E-state index is -0.569. The predicted molar refractivity (Wildman–Crippen MR) is 70.5 cm³/mol. The minimum absolute atomic E-state index is 0.171. The fourth-order valence-corrected chi connectivity index (χ4v) is 2.12. The van der Waals surface area contributed by atoms with E-state index >= 15 is 0 Å². The lowest BCUT2D eigenvalue weighted by Gasteiger charge is -2.15. The number of Topliss-reactive ketones (excluding diaryl/α,β-unsaturated/α-hetero) is 1. The molecule has 1 aliphatic rings. The summed E-state index contributed by atoms with van der Waals surface area (Å²) >= 11 is 0. The molecule has 6 nitrogen and oxygen atoms in total. The second-order valence-corrected chi connectivity index (χ2v) is 4.27. The van der Waals surface area contributed by atoms with Crippen LogP contribution in [0.2, 0.25) is 0 Å². The molecule has 0 saturated heterocycles. The van der Waals surface area contributed by atoms with Crippen LogP contribution in [0.5, 0.6) is 5.75 Å². The van der Waals surface area contributed by atoms with Gasteiger partial charge < -0.3 is 4.74 Å². The Bertz CT molecular complexity index is 685. The molecule has 2 heterocycles. The number of nitrogens with zero attached hydrogens (tertiary/aromatic N) is 3. The standard InChI is InChI=1S/C14H11N3O3/c1-20-9-3-4-11-10(7-9)13(18)14(19)17(11)8-12-15-5-2-6-16-12/h2-7H,8H2,1H3. The highest BCUT2D eigenvalue weighted by Crippen LogP contribution is 2.32. The van der Waals surface area contributed by atoms with Crippen molar-refractivity contribution in [3.63, 3.8) is 0 Å². The van der Waals surface area contributed by atoms with Crippen LogP contribution >= 0.6 is 0 Å². The third-order valence-corrected chi connectivity index (χ3v) is 3.10. The monoisotopic (exact) mass is 269 g/mol. The lowest BCUT2D eigenvalue weighted by Crippen LogP contribution is -2.29. The minimum Gasteiger partial charge on any atom is -0.497 e. The zero-order valence-corrected chi connectivity index (χ0v) is 10.7. The summed E-state index contributed by atoms with van der Waals surface area (Å²) in [6, 6.07) is 6.67. The van der Waals surface area contributed by atoms with Gasteiger partial charge in [-0.3, -0.25) is 14.5 Å². The Balaban J connectivity index is 1.98. The first-order valence-electron chi connectivity index (χ1n) is 6.01. The summed E-state index contributed by atoms with van der Waals surface area (Å²) in [4.78, 5) is 33.5. The number of ketones is 1. The molecule has 0 aliphatic carbocycles. The quantitative estimate of drug-likeness (QED) is 0.783. The summed E-state index contributed by atoms with van der Waals surface area (Å²) in [7, 11) is 1.51. The lowest BCUT2D eigenvalue weighted by atomic mass is 10.1. The van der Waals surface area contributed by atoms with Gasteiger partial charge in [0.2, 0.25) is 0 Å². The van der Waals surface area contributed by atoms with Crippen LogP contribution in [-0.2, 0) is 11.3 Å². The van der Waals surface area contributed by atoms with E-state index in [0.717, 1.165) is 0 Å². The number of carbonyl (C=O) groups excluding carboxylic acids is 2. The molecule has 1 aliphatic heterocycles. The van der Waals surface area contributed by atoms with Gasteiger partial charge in [0, 0.05) is 12.4 Å². The zero-order valence-electron chi connectivity index (χ0n) is 10.7. The van der Waals surface area contributed by atoms with Crippen LogP contribution < -0.4 is 9.64 Å². The van der Waals surface area contributed by atoms with Crippen LogP contribution in [0.3, 0.4) is 0 Å². The molecule has 1 aromatic carbocycles. The lowest BCUT2D eigenvalue weighted by molar-refractivity contribution is -0.114. The fourth-order valence-electron chi connectivity index (χ4n) is 2.12. The summed E-state index contributed by atoms with van der Waals surface area (Å²) in [5, 5.41) is 0. The van der Waals surface area contributed by atoms with Crippen molar-refractivity contribution < 1.29 is 14.3 Å². The van der Waals surface area contributed by atoms with Gasteiger partial charge in [0.15, 0.2) is 0 Å². The summed E-state index contributed by atoms with van der Waals surface area (Å²) in [6.07, 6.45) is 3.19. The first kappa shape index (κ1) is 12.3. The normalized spacial score (nSPS) is 13.6. The number of rotatable bonds is 3. The van der Waals surface area contributed by atoms with Gasteiger partial charge in [-0.15, -0.1) is 0 Å². The van der Waals surface area contributed by atoms with Crippen LogP contribution in [0.25, 0.3) is 0 Å². The molecule has 1 aromatic heterocycles. The van der Waals surface area contributed by atoms with Crippen LogP contribution in [0, 0.1) is 0 Å². The van der Waals surface area contributed by atoms with E-state index in [2.05, 4.69) is 9.97 Å². The Labute approximate surface area is 115 Å². The van der Waals surface area contributed by atoms with E-state index in [1.165, 1.54) is 12.0 Å². The number of benzene rings is 1. The number of hydrogen-bond acceptors (Lipinski definition) is 5. The molecular formula is C14H11N3O3. The molecule has 100 valence electrons. The van der Waals surface area contributed by atoms with Crippen LogP contribution in [0.4, 0.5) is 5.69 Å². The average molecular weight is 269 g/mol. The Kier molecular flexibility index (Phi) is 2.90. The van der Waals surface area contributed by atoms with Crippen molar-refractivity contribution in [2.45, 2.75) is 6.54 Å². The van der Waals surface area contributed by atoms with Gasteiger partial charge in [-0.2, -0.15) is 0 Å². The number of ether oxygens (including phenoxy) is 1. The number of amides is 1. The highest BCUT2D eigenvalue weighted by molar-refractivity contribution is 6.52. The average Bonchev–Trinajstić information content (AvgIpc) is 2.73. The molecule has 6 heteroatoms. The largest absolute Gasteiger partial charge is 0.497 e. The number of aromatic nitrogens is 2. The van der Waals surface area contributed by atoms with E-state index in [1.54, 1.807) is 36.7 Å². The van der Waals surface area contributed by atoms with Crippen LogP contribution in [0.15, 0.2) is 36.7 Å². The van der Waals surface area contributed by atoms with Crippen molar-refractivity contribution in [3.8, 4) is 5.75 Å². The second kappa shape index (κ2) is 4.73. The van der Waals surface area contributed by atoms with E-state index in [9.17, 15) is 9.59 Å². The molecule has 0 bridgehead atoms. The maximum absolute atomic E-state index is 12.0. The number of methoxy groups -OCH3 is 1. The van der Waals surface area contributed by atoms with Gasteiger partial charge in [0.05, 0.1) is 24.9 Å². The van der Waals surface area contributed by atoms with Crippen LogP contribution in [-0.4, -0.2) is 28.8 Å². The van der Waals surface area contributed by atoms with Gasteiger partial charge in [0.1, 0.15) is 11.6 Å². The molecule has 0 N–H and O–H groups in total. The van der Waals surface area contributed by atoms with Crippen molar-refractivity contribution in [1.29, 1.82) is 0 Å². The predicted octanol–water partition coefficient (Wildman–Crippen LogP) is 1.21. The highest BCUT2D eigenvalue weighted by Gasteiger charge is 2.36. The van der Waals surface area contributed by atoms with Crippen molar-refractivity contribution in [3.05, 3.63) is 48.0 Å². The Hall–Kier alpha value is -2.76. The first-order valence-corrected chi connectivity index (χ1v) is 6.01. The Morgan fingerprint density at radius 2 is 1.95 bits per heavy atom. The van der Waals surface area contributed by atoms with E-state index in [1.807, 2.05) is 0 Å². The van der Waals surface area contributed by atoms with Crippen molar-refractivity contribution in [2.24, 2.45) is 0 Å². The van der Waals surface area contributed by atoms with E-state index in [-0.39, 0.29) is 6.54 Å². The Morgan fingerprint density at radius 3 is 2.65 bits per heavy atom. The van der Waals surface area contributed by atoms with Gasteiger partial charge in [-0.05, 0) is 24.3 Å². The first-order chi connectivity index (χ1) is 9.70. The number of carbonyl (C=O) groups is 2. The fraction of sp³-hybridized carbons (Fsp3) is 0.143. The van der Waals surface area contributed by atoms with Gasteiger partial charge in [-0.1, -0.05) is 0 Å². The Morgan fingerprint density at radius 1 is 1.20 bits per heavy atom. The number of hydrogen-bond donors (Lipinski definition) is 0. The molecule has 0 atom stereocenters. The molecule has 0 saturated carbocycles. The maximum atomic E-state index is 12.0. The molecule has 0 unspecified atom stereocenters. The molecule has 1 amide bonds. The van der Waals surface area contributed by atoms with Crippen molar-refractivity contribution in [1.82, 2.24) is 9.97 Å². The molecular weight excluding hydrogens is 258 g/mol. The molecule has 20 heavy (non-hydrogen) atoms. The van der Waals surface area contributed by atoms with Crippen LogP contribution in [0.1, 0.15) is 16.2 Å². The van der Waals surface area contributed by atoms with E-state index in [0.29, 0.717) is 22.8 Å².